The van der Waals surface area contributed by atoms with E-state index in [1.54, 1.807) is 6.20 Å². The lowest BCUT2D eigenvalue weighted by atomic mass is 9.38. The summed E-state index contributed by atoms with van der Waals surface area (Å²) in [6.45, 7) is 8.46. The van der Waals surface area contributed by atoms with Crippen molar-refractivity contribution in [2.24, 2.45) is 11.3 Å². The van der Waals surface area contributed by atoms with E-state index in [4.69, 9.17) is 16.3 Å². The number of carbonyl (C=O) groups is 1. The van der Waals surface area contributed by atoms with Crippen LogP contribution < -0.4 is 15.0 Å². The molecule has 11 heteroatoms. The highest BCUT2D eigenvalue weighted by Gasteiger charge is 2.67. The number of aryl methyl sites for hydroxylation is 2. The van der Waals surface area contributed by atoms with Crippen LogP contribution in [0.2, 0.25) is 5.02 Å². The monoisotopic (exact) mass is 667 g/mol. The van der Waals surface area contributed by atoms with Crippen LogP contribution in [0.5, 0.6) is 11.5 Å². The van der Waals surface area contributed by atoms with Gasteiger partial charge in [0.05, 0.1) is 11.2 Å². The molecular weight excluding hydrogens is 629 g/mol. The third kappa shape index (κ3) is 5.28. The minimum atomic E-state index is -0.421. The fourth-order valence-electron chi connectivity index (χ4n) is 9.09. The molecule has 2 bridgehead atoms. The van der Waals surface area contributed by atoms with Gasteiger partial charge in [0.1, 0.15) is 29.7 Å². The Morgan fingerprint density at radius 3 is 2.79 bits per heavy atom. The van der Waals surface area contributed by atoms with E-state index in [-0.39, 0.29) is 16.5 Å². The van der Waals surface area contributed by atoms with Crippen molar-refractivity contribution in [2.75, 3.05) is 24.5 Å². The Labute approximate surface area is 284 Å². The third-order valence-electron chi connectivity index (χ3n) is 11.4. The molecule has 9 rings (SSSR count). The van der Waals surface area contributed by atoms with Crippen LogP contribution in [0.15, 0.2) is 48.9 Å². The molecule has 48 heavy (non-hydrogen) atoms. The predicted octanol–water partition coefficient (Wildman–Crippen LogP) is 6.75. The lowest BCUT2D eigenvalue weighted by Crippen LogP contribution is -2.74. The smallest absolute Gasteiger partial charge is 0.220 e. The van der Waals surface area contributed by atoms with Gasteiger partial charge in [0.2, 0.25) is 5.91 Å². The second kappa shape index (κ2) is 11.7. The van der Waals surface area contributed by atoms with Gasteiger partial charge in [-0.3, -0.25) is 9.69 Å². The maximum Gasteiger partial charge on any atom is 0.220 e. The number of nitriles is 1. The highest BCUT2D eigenvalue weighted by Crippen LogP contribution is 2.69. The lowest BCUT2D eigenvalue weighted by molar-refractivity contribution is -0.169. The Morgan fingerprint density at radius 2 is 2.02 bits per heavy atom. The van der Waals surface area contributed by atoms with Crippen molar-refractivity contribution in [1.29, 1.82) is 5.26 Å². The highest BCUT2D eigenvalue weighted by atomic mass is 35.5. The summed E-state index contributed by atoms with van der Waals surface area (Å²) in [5, 5.41) is 14.6. The highest BCUT2D eigenvalue weighted by molar-refractivity contribution is 6.32. The molecule has 2 atom stereocenters. The number of nitrogens with zero attached hydrogens (tertiary/aromatic N) is 6. The Kier molecular flexibility index (Phi) is 7.61. The molecule has 5 aliphatic rings. The van der Waals surface area contributed by atoms with Crippen LogP contribution in [0.4, 0.5) is 10.2 Å². The summed E-state index contributed by atoms with van der Waals surface area (Å²) in [5.41, 5.74) is 4.68. The topological polar surface area (TPSA) is 99.3 Å². The van der Waals surface area contributed by atoms with Gasteiger partial charge < -0.3 is 19.5 Å². The van der Waals surface area contributed by atoms with Gasteiger partial charge in [-0.05, 0) is 98.4 Å². The first-order valence-corrected chi connectivity index (χ1v) is 17.3. The van der Waals surface area contributed by atoms with Crippen LogP contribution in [-0.4, -0.2) is 56.6 Å². The standard InChI is InChI=1S/C37H39ClFN7O2/c1-3-34(47)43-37-19-36(20-37,21-37)9-11-46-27(14-40)13-28-23(2)24(4-6-30(28)46)16-44-10-8-25-17-45(18-31(25)44)35-33(15-41-22-42-35)48-32-7-5-26(39)12-29(32)38/h4-7,12-13,15,22,25,31H,3,8-11,16-21H2,1-2H3,(H,43,47). The van der Waals surface area contributed by atoms with Gasteiger partial charge in [0, 0.05) is 55.1 Å². The fourth-order valence-corrected chi connectivity index (χ4v) is 9.29. The molecule has 2 aromatic carbocycles. The maximum atomic E-state index is 13.6. The molecule has 3 saturated carbocycles. The number of halogens is 2. The number of fused-ring (bicyclic) bond motifs is 2. The van der Waals surface area contributed by atoms with Crippen molar-refractivity contribution in [3.05, 3.63) is 76.6 Å². The fraction of sp³-hybridized carbons (Fsp3) is 0.459. The van der Waals surface area contributed by atoms with Crippen LogP contribution in [0.3, 0.4) is 0 Å². The number of hydrogen-bond acceptors (Lipinski definition) is 7. The number of nitrogens with one attached hydrogen (secondary N) is 1. The number of amides is 1. The first-order chi connectivity index (χ1) is 23.2. The Balaban J connectivity index is 0.952. The third-order valence-corrected chi connectivity index (χ3v) is 11.7. The molecule has 9 nitrogen and oxygen atoms in total. The largest absolute Gasteiger partial charge is 0.450 e. The van der Waals surface area contributed by atoms with Gasteiger partial charge in [0.15, 0.2) is 11.6 Å². The Bertz CT molecular complexity index is 1950. The van der Waals surface area contributed by atoms with Gasteiger partial charge in [-0.15, -0.1) is 0 Å². The van der Waals surface area contributed by atoms with Crippen molar-refractivity contribution in [1.82, 2.24) is 24.8 Å². The van der Waals surface area contributed by atoms with Gasteiger partial charge >= 0.3 is 0 Å². The van der Waals surface area contributed by atoms with Crippen LogP contribution in [0, 0.1) is 35.4 Å². The molecule has 4 heterocycles. The van der Waals surface area contributed by atoms with E-state index < -0.39 is 5.82 Å². The first kappa shape index (κ1) is 31.1. The number of aromatic nitrogens is 3. The number of rotatable bonds is 10. The molecule has 2 saturated heterocycles. The van der Waals surface area contributed by atoms with Crippen LogP contribution in [0.25, 0.3) is 10.9 Å². The van der Waals surface area contributed by atoms with Gasteiger partial charge in [-0.1, -0.05) is 24.6 Å². The number of carbonyl (C=O) groups excluding carboxylic acids is 1. The minimum absolute atomic E-state index is 0.0313. The SMILES string of the molecule is CCC(=O)NC12CC(CCn3c(C#N)cc4c(C)c(CN5CCC6CN(c7ncncc7Oc7ccc(F)cc7Cl)CC65)ccc43)(C1)C2. The van der Waals surface area contributed by atoms with E-state index in [0.717, 1.165) is 75.7 Å². The number of ether oxygens (including phenoxy) is 1. The molecule has 248 valence electrons. The van der Waals surface area contributed by atoms with E-state index in [2.05, 4.69) is 60.8 Å². The zero-order chi connectivity index (χ0) is 33.2. The van der Waals surface area contributed by atoms with Crippen molar-refractivity contribution >= 4 is 34.2 Å². The second-order valence-electron chi connectivity index (χ2n) is 14.4. The van der Waals surface area contributed by atoms with E-state index >= 15 is 0 Å². The molecule has 3 aliphatic carbocycles. The summed E-state index contributed by atoms with van der Waals surface area (Å²) < 4.78 is 21.9. The average Bonchev–Trinajstić information content (AvgIpc) is 3.74. The first-order valence-electron chi connectivity index (χ1n) is 16.9. The van der Waals surface area contributed by atoms with Crippen LogP contribution in [-0.2, 0) is 17.9 Å². The molecule has 1 N–H and O–H groups in total. The van der Waals surface area contributed by atoms with Gasteiger partial charge in [-0.2, -0.15) is 5.26 Å². The molecule has 2 unspecified atom stereocenters. The summed E-state index contributed by atoms with van der Waals surface area (Å²) in [7, 11) is 0. The zero-order valence-electron chi connectivity index (χ0n) is 27.3. The molecule has 2 aliphatic heterocycles. The van der Waals surface area contributed by atoms with E-state index in [1.165, 1.54) is 35.7 Å². The van der Waals surface area contributed by atoms with E-state index in [1.807, 2.05) is 6.92 Å². The molecule has 0 radical (unpaired) electrons. The normalized spacial score (nSPS) is 25.8. The molecule has 5 fully saturated rings. The molecule has 2 aromatic heterocycles. The minimum Gasteiger partial charge on any atom is -0.450 e. The maximum absolute atomic E-state index is 13.6. The van der Waals surface area contributed by atoms with Crippen LogP contribution >= 0.6 is 11.6 Å². The van der Waals surface area contributed by atoms with Gasteiger partial charge in [0.25, 0.3) is 0 Å². The molecule has 1 amide bonds. The number of hydrogen-bond donors (Lipinski definition) is 1. The van der Waals surface area contributed by atoms with Crippen molar-refractivity contribution in [2.45, 2.75) is 77.0 Å². The van der Waals surface area contributed by atoms with Gasteiger partial charge in [-0.25, -0.2) is 14.4 Å². The Hall–Kier alpha value is -4.20. The predicted molar refractivity (Wildman–Crippen MR) is 181 cm³/mol. The van der Waals surface area contributed by atoms with Crippen molar-refractivity contribution < 1.29 is 13.9 Å². The second-order valence-corrected chi connectivity index (χ2v) is 14.8. The number of likely N-dealkylation sites (tertiary alicyclic amines) is 1. The van der Waals surface area contributed by atoms with E-state index in [0.29, 0.717) is 46.8 Å². The average molecular weight is 668 g/mol. The summed E-state index contributed by atoms with van der Waals surface area (Å²) >= 11 is 6.24. The lowest BCUT2D eigenvalue weighted by Gasteiger charge is -2.71. The number of benzene rings is 2. The van der Waals surface area contributed by atoms with Crippen molar-refractivity contribution in [3.8, 4) is 17.6 Å². The summed E-state index contributed by atoms with van der Waals surface area (Å²) in [5.74, 6) is 1.79. The molecule has 0 spiro atoms. The molecule has 4 aromatic rings. The van der Waals surface area contributed by atoms with E-state index in [9.17, 15) is 14.4 Å². The Morgan fingerprint density at radius 1 is 1.19 bits per heavy atom. The molecular formula is C37H39ClFN7O2. The number of anilines is 1. The zero-order valence-corrected chi connectivity index (χ0v) is 28.1. The quantitative estimate of drug-likeness (QED) is 0.200. The summed E-state index contributed by atoms with van der Waals surface area (Å²) in [6, 6.07) is 13.4. The van der Waals surface area contributed by atoms with Crippen molar-refractivity contribution in [3.63, 3.8) is 0 Å². The van der Waals surface area contributed by atoms with Crippen LogP contribution in [0.1, 0.15) is 62.3 Å². The summed E-state index contributed by atoms with van der Waals surface area (Å²) in [6.07, 6.45) is 8.99. The summed E-state index contributed by atoms with van der Waals surface area (Å²) in [4.78, 5) is 25.5.